The highest BCUT2D eigenvalue weighted by Gasteiger charge is 2.54. The van der Waals surface area contributed by atoms with Gasteiger partial charge >= 0.3 is 11.9 Å². The summed E-state index contributed by atoms with van der Waals surface area (Å²) in [5, 5.41) is 11.2. The number of aliphatic carboxylic acids is 1. The Morgan fingerprint density at radius 3 is 2.64 bits per heavy atom. The van der Waals surface area contributed by atoms with Gasteiger partial charge in [0, 0.05) is 18.2 Å². The molecule has 2 aliphatic heterocycles. The van der Waals surface area contributed by atoms with Gasteiger partial charge in [0.1, 0.15) is 23.7 Å². The summed E-state index contributed by atoms with van der Waals surface area (Å²) in [4.78, 5) is 58.6. The molecule has 2 aliphatic rings. The number of nitrogens with zero attached hydrogens (tertiary/aromatic N) is 1. The minimum absolute atomic E-state index is 0.221. The highest BCUT2D eigenvalue weighted by atomic mass is 35.5. The molecule has 25 heavy (non-hydrogen) atoms. The number of thioether (sulfide) groups is 1. The maximum atomic E-state index is 12.3. The molecule has 2 N–H and O–H groups in total. The number of fused-ring (bicyclic) bond motifs is 1. The molecular formula is C14H15ClN2O7S. The van der Waals surface area contributed by atoms with Crippen LogP contribution in [0.1, 0.15) is 13.3 Å². The molecule has 0 radical (unpaired) electrons. The molecule has 1 fully saturated rings. The van der Waals surface area contributed by atoms with Crippen molar-refractivity contribution in [1.82, 2.24) is 10.2 Å². The Morgan fingerprint density at radius 2 is 2.08 bits per heavy atom. The number of nitrogens with one attached hydrogen (secondary N) is 1. The van der Waals surface area contributed by atoms with Gasteiger partial charge in [-0.15, -0.1) is 23.4 Å². The number of esters is 1. The standard InChI is InChI=1S/C14H15ClN2O7S/c1-6(18)24-4-7-5-25-13-10(16-9(20)2-8(19)3-15)12(21)17(13)11(7)14(22)23/h10,13H,2-5H2,1H3,(H,16,20)(H,22,23)/t10-,13-/m1/s1. The molecule has 0 unspecified atom stereocenters. The number of hydrogen-bond acceptors (Lipinski definition) is 7. The lowest BCUT2D eigenvalue weighted by Gasteiger charge is -2.49. The van der Waals surface area contributed by atoms with E-state index in [-0.39, 0.29) is 23.9 Å². The lowest BCUT2D eigenvalue weighted by atomic mass is 10.0. The minimum atomic E-state index is -1.32. The van der Waals surface area contributed by atoms with Crippen LogP contribution in [-0.2, 0) is 28.7 Å². The second-order valence-corrected chi connectivity index (χ2v) is 6.71. The summed E-state index contributed by atoms with van der Waals surface area (Å²) in [6, 6.07) is -0.912. The normalized spacial score (nSPS) is 22.0. The van der Waals surface area contributed by atoms with Crippen LogP contribution in [-0.4, -0.2) is 69.2 Å². The molecule has 9 nitrogen and oxygen atoms in total. The van der Waals surface area contributed by atoms with Gasteiger partial charge in [-0.3, -0.25) is 24.1 Å². The van der Waals surface area contributed by atoms with Gasteiger partial charge in [-0.05, 0) is 0 Å². The molecule has 0 aromatic carbocycles. The monoisotopic (exact) mass is 390 g/mol. The molecule has 0 bridgehead atoms. The van der Waals surface area contributed by atoms with Gasteiger partial charge in [0.2, 0.25) is 5.91 Å². The smallest absolute Gasteiger partial charge is 0.352 e. The third kappa shape index (κ3) is 4.13. The summed E-state index contributed by atoms with van der Waals surface area (Å²) in [6.45, 7) is 0.976. The molecule has 2 atom stereocenters. The number of alkyl halides is 1. The van der Waals surface area contributed by atoms with E-state index in [1.165, 1.54) is 18.7 Å². The molecule has 0 aliphatic carbocycles. The van der Waals surface area contributed by atoms with Crippen molar-refractivity contribution in [2.75, 3.05) is 18.2 Å². The van der Waals surface area contributed by atoms with E-state index >= 15 is 0 Å². The number of β-lactam (4-membered cyclic amide) rings is 1. The van der Waals surface area contributed by atoms with Crippen molar-refractivity contribution in [3.05, 3.63) is 11.3 Å². The predicted molar refractivity (Wildman–Crippen MR) is 86.7 cm³/mol. The van der Waals surface area contributed by atoms with E-state index in [1.807, 2.05) is 0 Å². The third-order valence-corrected chi connectivity index (χ3v) is 5.16. The van der Waals surface area contributed by atoms with Crippen LogP contribution in [0.2, 0.25) is 0 Å². The Bertz CT molecular complexity index is 678. The summed E-state index contributed by atoms with van der Waals surface area (Å²) in [5.74, 6) is -3.67. The van der Waals surface area contributed by atoms with Crippen LogP contribution in [0.4, 0.5) is 0 Å². The fraction of sp³-hybridized carbons (Fsp3) is 0.500. The van der Waals surface area contributed by atoms with E-state index in [0.717, 1.165) is 4.90 Å². The van der Waals surface area contributed by atoms with Crippen LogP contribution in [0.3, 0.4) is 0 Å². The molecule has 2 heterocycles. The van der Waals surface area contributed by atoms with Crippen molar-refractivity contribution in [3.63, 3.8) is 0 Å². The van der Waals surface area contributed by atoms with Gasteiger partial charge in [-0.1, -0.05) is 0 Å². The zero-order valence-electron chi connectivity index (χ0n) is 13.1. The number of ether oxygens (including phenoxy) is 1. The van der Waals surface area contributed by atoms with Crippen molar-refractivity contribution in [3.8, 4) is 0 Å². The third-order valence-electron chi connectivity index (χ3n) is 3.52. The van der Waals surface area contributed by atoms with Gasteiger partial charge in [-0.25, -0.2) is 4.79 Å². The lowest BCUT2D eigenvalue weighted by molar-refractivity contribution is -0.151. The average Bonchev–Trinajstić information content (AvgIpc) is 2.56. The summed E-state index contributed by atoms with van der Waals surface area (Å²) in [7, 11) is 0. The maximum Gasteiger partial charge on any atom is 0.352 e. The predicted octanol–water partition coefficient (Wildman–Crippen LogP) is -0.514. The molecule has 136 valence electrons. The van der Waals surface area contributed by atoms with Gasteiger partial charge < -0.3 is 15.2 Å². The number of rotatable bonds is 7. The van der Waals surface area contributed by atoms with Crippen molar-refractivity contribution in [2.45, 2.75) is 24.8 Å². The van der Waals surface area contributed by atoms with Gasteiger partial charge in [0.05, 0.1) is 12.3 Å². The molecule has 2 amide bonds. The second kappa shape index (κ2) is 7.87. The topological polar surface area (TPSA) is 130 Å². The van der Waals surface area contributed by atoms with E-state index in [4.69, 9.17) is 16.3 Å². The first-order valence-corrected chi connectivity index (χ1v) is 8.75. The first-order chi connectivity index (χ1) is 11.8. The van der Waals surface area contributed by atoms with Crippen molar-refractivity contribution in [2.24, 2.45) is 0 Å². The summed E-state index contributed by atoms with van der Waals surface area (Å²) in [6.07, 6.45) is -0.440. The fourth-order valence-electron chi connectivity index (χ4n) is 2.43. The first-order valence-electron chi connectivity index (χ1n) is 7.16. The molecule has 11 heteroatoms. The number of amides is 2. The van der Waals surface area contributed by atoms with Crippen molar-refractivity contribution >= 4 is 52.9 Å². The fourth-order valence-corrected chi connectivity index (χ4v) is 3.86. The number of carbonyl (C=O) groups is 5. The number of ketones is 1. The maximum absolute atomic E-state index is 12.3. The van der Waals surface area contributed by atoms with Crippen LogP contribution < -0.4 is 5.32 Å². The van der Waals surface area contributed by atoms with Crippen LogP contribution in [0, 0.1) is 0 Å². The second-order valence-electron chi connectivity index (χ2n) is 5.34. The van der Waals surface area contributed by atoms with Crippen LogP contribution in [0.5, 0.6) is 0 Å². The first kappa shape index (κ1) is 19.3. The molecule has 2 rings (SSSR count). The summed E-state index contributed by atoms with van der Waals surface area (Å²) >= 11 is 6.57. The molecule has 0 saturated carbocycles. The molecule has 1 saturated heterocycles. The SMILES string of the molecule is CC(=O)OCC1=C(C(=O)O)N2C(=O)[C@@H](NC(=O)CC(=O)CCl)[C@H]2SC1. The number of carboxylic acid groups (broad SMARTS) is 1. The van der Waals surface area contributed by atoms with E-state index in [2.05, 4.69) is 5.32 Å². The quantitative estimate of drug-likeness (QED) is 0.257. The van der Waals surface area contributed by atoms with Crippen molar-refractivity contribution in [1.29, 1.82) is 0 Å². The van der Waals surface area contributed by atoms with Crippen LogP contribution in [0.25, 0.3) is 0 Å². The molecule has 0 aromatic heterocycles. The molecular weight excluding hydrogens is 376 g/mol. The van der Waals surface area contributed by atoms with E-state index in [1.54, 1.807) is 0 Å². The Hall–Kier alpha value is -2.07. The van der Waals surface area contributed by atoms with E-state index in [0.29, 0.717) is 5.57 Å². The lowest BCUT2D eigenvalue weighted by Crippen LogP contribution is -2.70. The molecule has 0 aromatic rings. The number of halogens is 1. The Labute approximate surface area is 151 Å². The minimum Gasteiger partial charge on any atom is -0.477 e. The zero-order chi connectivity index (χ0) is 18.7. The van der Waals surface area contributed by atoms with Crippen LogP contribution in [0.15, 0.2) is 11.3 Å². The summed E-state index contributed by atoms with van der Waals surface area (Å²) < 4.78 is 4.82. The van der Waals surface area contributed by atoms with E-state index < -0.39 is 47.4 Å². The Balaban J connectivity index is 2.10. The largest absolute Gasteiger partial charge is 0.477 e. The number of carbonyl (C=O) groups excluding carboxylic acids is 4. The Morgan fingerprint density at radius 1 is 1.40 bits per heavy atom. The summed E-state index contributed by atoms with van der Waals surface area (Å²) in [5.41, 5.74) is 0.0664. The number of carboxylic acids is 1. The Kier molecular flexibility index (Phi) is 6.07. The van der Waals surface area contributed by atoms with Gasteiger partial charge in [0.25, 0.3) is 5.91 Å². The highest BCUT2D eigenvalue weighted by Crippen LogP contribution is 2.40. The molecule has 0 spiro atoms. The zero-order valence-corrected chi connectivity index (χ0v) is 14.7. The average molecular weight is 391 g/mol. The number of hydrogen-bond donors (Lipinski definition) is 2. The van der Waals surface area contributed by atoms with Crippen molar-refractivity contribution < 1.29 is 33.8 Å². The number of Topliss-reactive ketones (excluding diaryl/α,β-unsaturated/α-hetero) is 1. The van der Waals surface area contributed by atoms with Gasteiger partial charge in [0.15, 0.2) is 5.78 Å². The van der Waals surface area contributed by atoms with Crippen LogP contribution >= 0.6 is 23.4 Å². The highest BCUT2D eigenvalue weighted by molar-refractivity contribution is 8.00. The van der Waals surface area contributed by atoms with E-state index in [9.17, 15) is 29.1 Å². The van der Waals surface area contributed by atoms with Gasteiger partial charge in [-0.2, -0.15) is 0 Å².